The minimum absolute atomic E-state index is 0.0413. The summed E-state index contributed by atoms with van der Waals surface area (Å²) in [7, 11) is 0. The Balaban J connectivity index is 2.80. The summed E-state index contributed by atoms with van der Waals surface area (Å²) in [6.45, 7) is 3.92. The maximum atomic E-state index is 12.2. The van der Waals surface area contributed by atoms with Gasteiger partial charge in [-0.05, 0) is 25.7 Å². The van der Waals surface area contributed by atoms with Crippen molar-refractivity contribution >= 4 is 11.8 Å². The summed E-state index contributed by atoms with van der Waals surface area (Å²) in [5.74, 6) is -0.0865. The van der Waals surface area contributed by atoms with Crippen LogP contribution in [-0.4, -0.2) is 28.8 Å². The highest BCUT2D eigenvalue weighted by molar-refractivity contribution is 5.95. The largest absolute Gasteiger partial charge is 0.326 e. The van der Waals surface area contributed by atoms with Crippen molar-refractivity contribution in [3.05, 3.63) is 0 Å². The molecule has 104 valence electrons. The molecular weight excluding hydrogens is 228 g/mol. The van der Waals surface area contributed by atoms with E-state index in [0.717, 1.165) is 38.5 Å². The number of carbonyl (C=O) groups is 2. The Morgan fingerprint density at radius 3 is 2.00 bits per heavy atom. The number of amides is 2. The summed E-state index contributed by atoms with van der Waals surface area (Å²) in [5, 5.41) is 0. The van der Waals surface area contributed by atoms with E-state index < -0.39 is 0 Å². The molecule has 4 heteroatoms. The van der Waals surface area contributed by atoms with Crippen molar-refractivity contribution in [2.75, 3.05) is 0 Å². The van der Waals surface area contributed by atoms with Crippen molar-refractivity contribution in [2.45, 2.75) is 77.3 Å². The number of rotatable bonds is 5. The lowest BCUT2D eigenvalue weighted by Crippen LogP contribution is -2.54. The van der Waals surface area contributed by atoms with Gasteiger partial charge in [-0.25, -0.2) is 0 Å². The summed E-state index contributed by atoms with van der Waals surface area (Å²) in [4.78, 5) is 25.8. The van der Waals surface area contributed by atoms with Crippen LogP contribution in [0.2, 0.25) is 0 Å². The van der Waals surface area contributed by atoms with Crippen LogP contribution < -0.4 is 5.73 Å². The third-order valence-electron chi connectivity index (χ3n) is 3.58. The highest BCUT2D eigenvalue weighted by Gasteiger charge is 2.33. The maximum absolute atomic E-state index is 12.2. The average molecular weight is 254 g/mol. The molecule has 4 nitrogen and oxygen atoms in total. The van der Waals surface area contributed by atoms with Crippen molar-refractivity contribution in [1.29, 1.82) is 0 Å². The van der Waals surface area contributed by atoms with Crippen LogP contribution in [0.25, 0.3) is 0 Å². The van der Waals surface area contributed by atoms with Crippen LogP contribution in [0.3, 0.4) is 0 Å². The molecule has 18 heavy (non-hydrogen) atoms. The van der Waals surface area contributed by atoms with E-state index in [9.17, 15) is 9.59 Å². The third kappa shape index (κ3) is 3.80. The SMILES string of the molecule is CCCC(=O)N(C(=O)CCC)C1CCCCC1N. The number of nitrogens with zero attached hydrogens (tertiary/aromatic N) is 1. The second-order valence-corrected chi connectivity index (χ2v) is 5.17. The number of hydrogen-bond donors (Lipinski definition) is 1. The van der Waals surface area contributed by atoms with Gasteiger partial charge < -0.3 is 5.73 Å². The third-order valence-corrected chi connectivity index (χ3v) is 3.58. The van der Waals surface area contributed by atoms with Crippen LogP contribution in [-0.2, 0) is 9.59 Å². The minimum Gasteiger partial charge on any atom is -0.326 e. The first-order chi connectivity index (χ1) is 8.61. The molecule has 1 saturated carbocycles. The molecule has 2 amide bonds. The van der Waals surface area contributed by atoms with E-state index in [1.165, 1.54) is 4.90 Å². The molecule has 0 saturated heterocycles. The van der Waals surface area contributed by atoms with Crippen molar-refractivity contribution in [3.63, 3.8) is 0 Å². The summed E-state index contributed by atoms with van der Waals surface area (Å²) in [6.07, 6.45) is 6.39. The molecule has 0 radical (unpaired) electrons. The molecule has 0 aromatic rings. The average Bonchev–Trinajstić information content (AvgIpc) is 2.33. The van der Waals surface area contributed by atoms with Gasteiger partial charge in [0.1, 0.15) is 0 Å². The molecule has 0 aliphatic heterocycles. The Morgan fingerprint density at radius 1 is 1.06 bits per heavy atom. The van der Waals surface area contributed by atoms with Crippen molar-refractivity contribution in [3.8, 4) is 0 Å². The van der Waals surface area contributed by atoms with E-state index in [4.69, 9.17) is 5.73 Å². The fourth-order valence-electron chi connectivity index (χ4n) is 2.64. The molecule has 1 aliphatic rings. The number of imide groups is 1. The number of hydrogen-bond acceptors (Lipinski definition) is 3. The van der Waals surface area contributed by atoms with Crippen LogP contribution >= 0.6 is 0 Å². The van der Waals surface area contributed by atoms with Crippen LogP contribution in [0.5, 0.6) is 0 Å². The van der Waals surface area contributed by atoms with E-state index >= 15 is 0 Å². The monoisotopic (exact) mass is 254 g/mol. The van der Waals surface area contributed by atoms with Gasteiger partial charge in [-0.2, -0.15) is 0 Å². The molecule has 0 heterocycles. The Labute approximate surface area is 110 Å². The zero-order valence-electron chi connectivity index (χ0n) is 11.7. The Bertz CT molecular complexity index is 274. The van der Waals surface area contributed by atoms with Gasteiger partial charge in [-0.1, -0.05) is 26.7 Å². The topological polar surface area (TPSA) is 63.4 Å². The summed E-state index contributed by atoms with van der Waals surface area (Å²) in [6, 6.07) is -0.114. The van der Waals surface area contributed by atoms with Crippen molar-refractivity contribution < 1.29 is 9.59 Å². The second kappa shape index (κ2) is 7.52. The van der Waals surface area contributed by atoms with E-state index in [-0.39, 0.29) is 23.9 Å². The highest BCUT2D eigenvalue weighted by atomic mass is 16.2. The summed E-state index contributed by atoms with van der Waals surface area (Å²) in [5.41, 5.74) is 6.10. The molecule has 0 aromatic carbocycles. The molecule has 0 bridgehead atoms. The molecule has 0 aromatic heterocycles. The zero-order chi connectivity index (χ0) is 13.5. The van der Waals surface area contributed by atoms with Gasteiger partial charge in [0, 0.05) is 18.9 Å². The smallest absolute Gasteiger partial charge is 0.229 e. The second-order valence-electron chi connectivity index (χ2n) is 5.17. The lowest BCUT2D eigenvalue weighted by Gasteiger charge is -2.37. The quantitative estimate of drug-likeness (QED) is 0.818. The Kier molecular flexibility index (Phi) is 6.33. The van der Waals surface area contributed by atoms with Crippen LogP contribution in [0.1, 0.15) is 65.2 Å². The fraction of sp³-hybridized carbons (Fsp3) is 0.857. The molecule has 1 fully saturated rings. The van der Waals surface area contributed by atoms with Crippen molar-refractivity contribution in [2.24, 2.45) is 5.73 Å². The van der Waals surface area contributed by atoms with E-state index in [2.05, 4.69) is 0 Å². The fourth-order valence-corrected chi connectivity index (χ4v) is 2.64. The molecule has 2 N–H and O–H groups in total. The Morgan fingerprint density at radius 2 is 1.56 bits per heavy atom. The molecule has 2 atom stereocenters. The lowest BCUT2D eigenvalue weighted by molar-refractivity contribution is -0.149. The first kappa shape index (κ1) is 15.2. The zero-order valence-corrected chi connectivity index (χ0v) is 11.7. The first-order valence-electron chi connectivity index (χ1n) is 7.22. The van der Waals surface area contributed by atoms with Gasteiger partial charge in [0.05, 0.1) is 6.04 Å². The molecule has 1 rings (SSSR count). The summed E-state index contributed by atoms with van der Waals surface area (Å²) < 4.78 is 0. The molecule has 1 aliphatic carbocycles. The van der Waals surface area contributed by atoms with Crippen molar-refractivity contribution in [1.82, 2.24) is 4.90 Å². The summed E-state index contributed by atoms with van der Waals surface area (Å²) >= 11 is 0. The lowest BCUT2D eigenvalue weighted by atomic mass is 9.89. The van der Waals surface area contributed by atoms with E-state index in [1.807, 2.05) is 13.8 Å². The molecule has 2 unspecified atom stereocenters. The number of carbonyl (C=O) groups excluding carboxylic acids is 2. The van der Waals surface area contributed by atoms with Gasteiger partial charge in [-0.15, -0.1) is 0 Å². The van der Waals surface area contributed by atoms with Gasteiger partial charge in [-0.3, -0.25) is 14.5 Å². The van der Waals surface area contributed by atoms with Crippen LogP contribution in [0.4, 0.5) is 0 Å². The normalized spacial score (nSPS) is 23.7. The maximum Gasteiger partial charge on any atom is 0.229 e. The Hall–Kier alpha value is -0.900. The predicted octanol–water partition coefficient (Wildman–Crippen LogP) is 2.21. The predicted molar refractivity (Wildman–Crippen MR) is 71.9 cm³/mol. The van der Waals surface area contributed by atoms with E-state index in [1.54, 1.807) is 0 Å². The number of nitrogens with two attached hydrogens (primary N) is 1. The molecule has 0 spiro atoms. The van der Waals surface area contributed by atoms with Gasteiger partial charge in [0.2, 0.25) is 11.8 Å². The van der Waals surface area contributed by atoms with Gasteiger partial charge >= 0.3 is 0 Å². The highest BCUT2D eigenvalue weighted by Crippen LogP contribution is 2.23. The van der Waals surface area contributed by atoms with Gasteiger partial charge in [0.25, 0.3) is 0 Å². The van der Waals surface area contributed by atoms with Crippen LogP contribution in [0, 0.1) is 0 Å². The van der Waals surface area contributed by atoms with Gasteiger partial charge in [0.15, 0.2) is 0 Å². The minimum atomic E-state index is -0.0724. The molecular formula is C14H26N2O2. The standard InChI is InChI=1S/C14H26N2O2/c1-3-7-13(17)16(14(18)8-4-2)12-10-6-5-9-11(12)15/h11-12H,3-10,15H2,1-2H3. The first-order valence-corrected chi connectivity index (χ1v) is 7.22. The van der Waals surface area contributed by atoms with E-state index in [0.29, 0.717) is 12.8 Å². The van der Waals surface area contributed by atoms with Crippen LogP contribution in [0.15, 0.2) is 0 Å².